The van der Waals surface area contributed by atoms with Gasteiger partial charge in [0.15, 0.2) is 4.77 Å². The smallest absolute Gasteiger partial charge is 0.273 e. The summed E-state index contributed by atoms with van der Waals surface area (Å²) in [6, 6.07) is 7.57. The van der Waals surface area contributed by atoms with Crippen LogP contribution in [-0.2, 0) is 6.42 Å². The molecule has 0 aliphatic rings. The Balaban J connectivity index is 2.18. The molecule has 94 valence electrons. The number of H-pyrrole nitrogens is 2. The Kier molecular flexibility index (Phi) is 3.88. The van der Waals surface area contributed by atoms with Gasteiger partial charge in [-0.05, 0) is 36.8 Å². The molecule has 0 aliphatic heterocycles. The number of benzene rings is 1. The lowest BCUT2D eigenvalue weighted by atomic mass is 10.1. The van der Waals surface area contributed by atoms with Crippen molar-refractivity contribution in [3.8, 4) is 5.75 Å². The van der Waals surface area contributed by atoms with Crippen LogP contribution in [0.25, 0.3) is 0 Å². The monoisotopic (exact) mass is 263 g/mol. The molecule has 1 aromatic heterocycles. The Morgan fingerprint density at radius 1 is 1.33 bits per heavy atom. The van der Waals surface area contributed by atoms with Gasteiger partial charge in [-0.1, -0.05) is 12.1 Å². The minimum absolute atomic E-state index is 0.232. The molecule has 18 heavy (non-hydrogen) atoms. The summed E-state index contributed by atoms with van der Waals surface area (Å²) < 4.78 is 5.58. The van der Waals surface area contributed by atoms with Crippen LogP contribution in [0.3, 0.4) is 0 Å². The highest BCUT2D eigenvalue weighted by atomic mass is 32.1. The first-order chi connectivity index (χ1) is 8.69. The van der Waals surface area contributed by atoms with Gasteiger partial charge in [0, 0.05) is 6.42 Å². The molecule has 0 spiro atoms. The number of rotatable bonds is 4. The van der Waals surface area contributed by atoms with Crippen LogP contribution in [-0.4, -0.2) is 21.8 Å². The van der Waals surface area contributed by atoms with E-state index in [1.165, 1.54) is 0 Å². The molecule has 1 heterocycles. The minimum Gasteiger partial charge on any atom is -0.494 e. The predicted octanol–water partition coefficient (Wildman–Crippen LogP) is 1.82. The van der Waals surface area contributed by atoms with Crippen molar-refractivity contribution in [2.24, 2.45) is 0 Å². The van der Waals surface area contributed by atoms with Crippen LogP contribution in [0.5, 0.6) is 5.75 Å². The molecule has 2 aromatic rings. The van der Waals surface area contributed by atoms with Gasteiger partial charge in [-0.15, -0.1) is 0 Å². The van der Waals surface area contributed by atoms with Gasteiger partial charge in [0.05, 0.1) is 6.61 Å². The van der Waals surface area contributed by atoms with E-state index >= 15 is 0 Å². The summed E-state index contributed by atoms with van der Waals surface area (Å²) in [6.45, 7) is 2.57. The molecule has 0 unspecified atom stereocenters. The molecule has 0 radical (unpaired) electrons. The van der Waals surface area contributed by atoms with Crippen molar-refractivity contribution in [3.63, 3.8) is 0 Å². The highest BCUT2D eigenvalue weighted by molar-refractivity contribution is 7.71. The molecule has 0 saturated heterocycles. The van der Waals surface area contributed by atoms with Gasteiger partial charge in [0.25, 0.3) is 5.56 Å². The van der Waals surface area contributed by atoms with Gasteiger partial charge < -0.3 is 4.74 Å². The molecular formula is C12H13N3O2S. The molecule has 0 bridgehead atoms. The summed E-state index contributed by atoms with van der Waals surface area (Å²) in [4.78, 5) is 14.1. The first-order valence-corrected chi connectivity index (χ1v) is 5.99. The molecule has 2 rings (SSSR count). The van der Waals surface area contributed by atoms with E-state index < -0.39 is 0 Å². The zero-order valence-corrected chi connectivity index (χ0v) is 10.7. The number of ether oxygens (including phenoxy) is 1. The fourth-order valence-corrected chi connectivity index (χ4v) is 1.69. The highest BCUT2D eigenvalue weighted by Crippen LogP contribution is 2.13. The molecular weight excluding hydrogens is 250 g/mol. The fraction of sp³-hybridized carbons (Fsp3) is 0.250. The van der Waals surface area contributed by atoms with Crippen molar-refractivity contribution >= 4 is 12.2 Å². The lowest BCUT2D eigenvalue weighted by molar-refractivity contribution is 0.340. The van der Waals surface area contributed by atoms with Crippen LogP contribution in [0.15, 0.2) is 29.1 Å². The van der Waals surface area contributed by atoms with Crippen LogP contribution in [0.2, 0.25) is 0 Å². The lowest BCUT2D eigenvalue weighted by Crippen LogP contribution is -2.16. The minimum atomic E-state index is -0.257. The molecule has 0 atom stereocenters. The Morgan fingerprint density at radius 2 is 2.06 bits per heavy atom. The van der Waals surface area contributed by atoms with Gasteiger partial charge >= 0.3 is 0 Å². The second-order valence-electron chi connectivity index (χ2n) is 3.71. The second kappa shape index (κ2) is 5.59. The normalized spacial score (nSPS) is 10.3. The van der Waals surface area contributed by atoms with Crippen molar-refractivity contribution in [1.82, 2.24) is 15.2 Å². The van der Waals surface area contributed by atoms with E-state index in [0.29, 0.717) is 18.7 Å². The first-order valence-electron chi connectivity index (χ1n) is 5.58. The van der Waals surface area contributed by atoms with Gasteiger partial charge in [-0.2, -0.15) is 5.10 Å². The quantitative estimate of drug-likeness (QED) is 0.825. The Morgan fingerprint density at radius 3 is 2.67 bits per heavy atom. The van der Waals surface area contributed by atoms with Gasteiger partial charge in [-0.25, -0.2) is 0 Å². The van der Waals surface area contributed by atoms with Crippen LogP contribution < -0.4 is 10.3 Å². The molecule has 6 heteroatoms. The van der Waals surface area contributed by atoms with Crippen LogP contribution >= 0.6 is 12.2 Å². The van der Waals surface area contributed by atoms with Gasteiger partial charge in [0.2, 0.25) is 0 Å². The van der Waals surface area contributed by atoms with Crippen molar-refractivity contribution < 1.29 is 4.74 Å². The standard InChI is InChI=1S/C12H13N3O2S/c1-2-17-9-5-3-8(4-6-9)7-10-11(16)13-12(18)15-14-10/h3-6H,2,7H2,1H3,(H2,13,15,16,18). The summed E-state index contributed by atoms with van der Waals surface area (Å²) in [5.41, 5.74) is 1.14. The molecule has 2 N–H and O–H groups in total. The maximum absolute atomic E-state index is 11.6. The predicted molar refractivity (Wildman–Crippen MR) is 70.5 cm³/mol. The first kappa shape index (κ1) is 12.5. The van der Waals surface area contributed by atoms with Crippen LogP contribution in [0.1, 0.15) is 18.2 Å². The summed E-state index contributed by atoms with van der Waals surface area (Å²) in [5, 5.41) is 6.50. The van der Waals surface area contributed by atoms with E-state index in [2.05, 4.69) is 15.2 Å². The topological polar surface area (TPSA) is 70.8 Å². The second-order valence-corrected chi connectivity index (χ2v) is 4.12. The Labute approximate surface area is 109 Å². The summed E-state index contributed by atoms with van der Waals surface area (Å²) in [7, 11) is 0. The number of nitrogens with one attached hydrogen (secondary N) is 2. The largest absolute Gasteiger partial charge is 0.494 e. The van der Waals surface area contributed by atoms with Crippen molar-refractivity contribution in [1.29, 1.82) is 0 Å². The maximum Gasteiger partial charge on any atom is 0.273 e. The van der Waals surface area contributed by atoms with E-state index in [-0.39, 0.29) is 10.3 Å². The Hall–Kier alpha value is -1.95. The number of nitrogens with zero attached hydrogens (tertiary/aromatic N) is 1. The third kappa shape index (κ3) is 3.04. The summed E-state index contributed by atoms with van der Waals surface area (Å²) >= 11 is 4.78. The summed E-state index contributed by atoms with van der Waals surface area (Å²) in [5.74, 6) is 0.815. The summed E-state index contributed by atoms with van der Waals surface area (Å²) in [6.07, 6.45) is 0.452. The average molecular weight is 263 g/mol. The maximum atomic E-state index is 11.6. The lowest BCUT2D eigenvalue weighted by Gasteiger charge is -2.04. The zero-order chi connectivity index (χ0) is 13.0. The van der Waals surface area contributed by atoms with Crippen molar-refractivity contribution in [3.05, 3.63) is 50.6 Å². The number of aromatic amines is 2. The SMILES string of the molecule is CCOc1ccc(Cc2n[nH]c(=S)[nH]c2=O)cc1. The zero-order valence-electron chi connectivity index (χ0n) is 9.90. The van der Waals surface area contributed by atoms with E-state index in [9.17, 15) is 4.79 Å². The number of hydrogen-bond acceptors (Lipinski definition) is 4. The molecule has 0 aliphatic carbocycles. The van der Waals surface area contributed by atoms with E-state index in [1.807, 2.05) is 31.2 Å². The molecule has 0 amide bonds. The number of hydrogen-bond donors (Lipinski definition) is 2. The molecule has 5 nitrogen and oxygen atoms in total. The van der Waals surface area contributed by atoms with Crippen molar-refractivity contribution in [2.75, 3.05) is 6.61 Å². The van der Waals surface area contributed by atoms with Crippen LogP contribution in [0.4, 0.5) is 0 Å². The van der Waals surface area contributed by atoms with Crippen molar-refractivity contribution in [2.45, 2.75) is 13.3 Å². The highest BCUT2D eigenvalue weighted by Gasteiger charge is 2.03. The number of aromatic nitrogens is 3. The van der Waals surface area contributed by atoms with E-state index in [1.54, 1.807) is 0 Å². The average Bonchev–Trinajstić information content (AvgIpc) is 2.35. The fourth-order valence-electron chi connectivity index (χ4n) is 1.56. The third-order valence-corrected chi connectivity index (χ3v) is 2.58. The molecule has 0 saturated carbocycles. The van der Waals surface area contributed by atoms with E-state index in [0.717, 1.165) is 11.3 Å². The Bertz CT molecular complexity index is 631. The van der Waals surface area contributed by atoms with Crippen LogP contribution in [0, 0.1) is 4.77 Å². The van der Waals surface area contributed by atoms with Gasteiger partial charge in [0.1, 0.15) is 11.4 Å². The molecule has 0 fully saturated rings. The third-order valence-electron chi connectivity index (χ3n) is 2.39. The van der Waals surface area contributed by atoms with Gasteiger partial charge in [-0.3, -0.25) is 14.9 Å². The van der Waals surface area contributed by atoms with E-state index in [4.69, 9.17) is 17.0 Å². The molecule has 1 aromatic carbocycles.